The summed E-state index contributed by atoms with van der Waals surface area (Å²) >= 11 is 1.64. The Morgan fingerprint density at radius 3 is 3.15 bits per heavy atom. The first kappa shape index (κ1) is 17.1. The number of carbonyl (C=O) groups is 1. The van der Waals surface area contributed by atoms with E-state index >= 15 is 0 Å². The number of pyridine rings is 1. The van der Waals surface area contributed by atoms with Crippen LogP contribution in [-0.4, -0.2) is 47.7 Å². The van der Waals surface area contributed by atoms with Crippen LogP contribution in [0.5, 0.6) is 5.88 Å². The van der Waals surface area contributed by atoms with Gasteiger partial charge in [0.25, 0.3) is 5.91 Å². The summed E-state index contributed by atoms with van der Waals surface area (Å²) in [6.45, 7) is 2.15. The maximum Gasteiger partial charge on any atom is 0.264 e. The maximum absolute atomic E-state index is 13.7. The summed E-state index contributed by atoms with van der Waals surface area (Å²) in [6, 6.07) is 4.95. The SMILES string of the molecule is O=C(c1cc2c(s1)CCC2)N1CC2(C1)OCCC2COc1ncccc1F. The van der Waals surface area contributed by atoms with Gasteiger partial charge in [0.2, 0.25) is 5.88 Å². The van der Waals surface area contributed by atoms with E-state index in [1.54, 1.807) is 11.3 Å². The molecule has 1 amide bonds. The van der Waals surface area contributed by atoms with Crippen LogP contribution in [0.4, 0.5) is 4.39 Å². The fourth-order valence-corrected chi connectivity index (χ4v) is 5.58. The number of carbonyl (C=O) groups excluding carboxylic acids is 1. The molecule has 0 saturated carbocycles. The lowest BCUT2D eigenvalue weighted by molar-refractivity contribution is -0.122. The summed E-state index contributed by atoms with van der Waals surface area (Å²) in [5.74, 6) is -0.191. The molecule has 3 aliphatic rings. The number of halogens is 1. The highest BCUT2D eigenvalue weighted by atomic mass is 32.1. The highest BCUT2D eigenvalue weighted by Crippen LogP contribution is 2.41. The van der Waals surface area contributed by atoms with Crippen LogP contribution >= 0.6 is 11.3 Å². The van der Waals surface area contributed by atoms with E-state index in [4.69, 9.17) is 9.47 Å². The van der Waals surface area contributed by atoms with Crippen LogP contribution in [0, 0.1) is 11.7 Å². The third-order valence-corrected chi connectivity index (χ3v) is 7.13. The molecular formula is C20H21FN2O3S. The van der Waals surface area contributed by atoms with E-state index < -0.39 is 5.82 Å². The number of aryl methyl sites for hydroxylation is 2. The zero-order valence-electron chi connectivity index (χ0n) is 14.9. The summed E-state index contributed by atoms with van der Waals surface area (Å²) in [5, 5.41) is 0. The van der Waals surface area contributed by atoms with Crippen molar-refractivity contribution in [2.45, 2.75) is 31.3 Å². The Morgan fingerprint density at radius 2 is 2.33 bits per heavy atom. The molecule has 0 N–H and O–H groups in total. The second kappa shape index (κ2) is 6.56. The van der Waals surface area contributed by atoms with E-state index in [1.165, 1.54) is 35.2 Å². The van der Waals surface area contributed by atoms with Gasteiger partial charge in [0.05, 0.1) is 24.6 Å². The van der Waals surface area contributed by atoms with Gasteiger partial charge in [-0.1, -0.05) is 0 Å². The van der Waals surface area contributed by atoms with E-state index in [0.29, 0.717) is 26.3 Å². The molecule has 2 fully saturated rings. The summed E-state index contributed by atoms with van der Waals surface area (Å²) in [5.41, 5.74) is 0.986. The van der Waals surface area contributed by atoms with Crippen LogP contribution in [0.15, 0.2) is 24.4 Å². The van der Waals surface area contributed by atoms with Crippen molar-refractivity contribution in [3.63, 3.8) is 0 Å². The zero-order valence-corrected chi connectivity index (χ0v) is 15.8. The summed E-state index contributed by atoms with van der Waals surface area (Å²) in [6.07, 6.45) is 5.76. The fraction of sp³-hybridized carbons (Fsp3) is 0.500. The summed E-state index contributed by atoms with van der Waals surface area (Å²) in [4.78, 5) is 20.8. The number of nitrogens with zero attached hydrogens (tertiary/aromatic N) is 2. The molecule has 0 aromatic carbocycles. The smallest absolute Gasteiger partial charge is 0.264 e. The molecule has 1 unspecified atom stereocenters. The van der Waals surface area contributed by atoms with Crippen molar-refractivity contribution in [2.24, 2.45) is 5.92 Å². The molecule has 5 nitrogen and oxygen atoms in total. The number of ether oxygens (including phenoxy) is 2. The molecule has 7 heteroatoms. The number of likely N-dealkylation sites (tertiary alicyclic amines) is 1. The Bertz CT molecular complexity index is 856. The van der Waals surface area contributed by atoms with Gasteiger partial charge in [0.1, 0.15) is 5.60 Å². The lowest BCUT2D eigenvalue weighted by Crippen LogP contribution is -2.66. The first-order valence-electron chi connectivity index (χ1n) is 9.43. The van der Waals surface area contributed by atoms with Gasteiger partial charge < -0.3 is 14.4 Å². The van der Waals surface area contributed by atoms with Crippen molar-refractivity contribution >= 4 is 17.2 Å². The molecule has 1 aliphatic carbocycles. The number of hydrogen-bond acceptors (Lipinski definition) is 5. The van der Waals surface area contributed by atoms with Crippen molar-refractivity contribution in [1.82, 2.24) is 9.88 Å². The largest absolute Gasteiger partial charge is 0.475 e. The van der Waals surface area contributed by atoms with Gasteiger partial charge >= 0.3 is 0 Å². The van der Waals surface area contributed by atoms with Crippen LogP contribution in [0.3, 0.4) is 0 Å². The number of rotatable bonds is 4. The second-order valence-electron chi connectivity index (χ2n) is 7.57. The highest BCUT2D eigenvalue weighted by Gasteiger charge is 2.55. The van der Waals surface area contributed by atoms with Crippen molar-refractivity contribution in [3.05, 3.63) is 45.5 Å². The molecule has 27 heavy (non-hydrogen) atoms. The van der Waals surface area contributed by atoms with Gasteiger partial charge in [-0.05, 0) is 49.4 Å². The predicted octanol–water partition coefficient (Wildman–Crippen LogP) is 3.08. The lowest BCUT2D eigenvalue weighted by Gasteiger charge is -2.49. The van der Waals surface area contributed by atoms with E-state index in [2.05, 4.69) is 11.1 Å². The minimum absolute atomic E-state index is 0.0277. The van der Waals surface area contributed by atoms with Gasteiger partial charge in [0.15, 0.2) is 5.82 Å². The molecule has 2 aliphatic heterocycles. The molecule has 4 heterocycles. The van der Waals surface area contributed by atoms with E-state index in [9.17, 15) is 9.18 Å². The first-order valence-corrected chi connectivity index (χ1v) is 10.2. The maximum atomic E-state index is 13.7. The molecule has 2 aromatic rings. The third kappa shape index (κ3) is 2.93. The Morgan fingerprint density at radius 1 is 1.44 bits per heavy atom. The number of fused-ring (bicyclic) bond motifs is 1. The van der Waals surface area contributed by atoms with Crippen LogP contribution in [0.2, 0.25) is 0 Å². The van der Waals surface area contributed by atoms with Crippen molar-refractivity contribution in [2.75, 3.05) is 26.3 Å². The standard InChI is InChI=1S/C20H21FN2O3S/c21-15-4-2-7-22-18(15)25-10-14-6-8-26-20(14)11-23(12-20)19(24)17-9-13-3-1-5-16(13)27-17/h2,4,7,9,14H,1,3,5-6,8,10-12H2. The Kier molecular flexibility index (Phi) is 4.16. The second-order valence-corrected chi connectivity index (χ2v) is 8.71. The molecular weight excluding hydrogens is 367 g/mol. The van der Waals surface area contributed by atoms with Crippen LogP contribution < -0.4 is 4.74 Å². The predicted molar refractivity (Wildman–Crippen MR) is 98.7 cm³/mol. The molecule has 2 aromatic heterocycles. The quantitative estimate of drug-likeness (QED) is 0.808. The monoisotopic (exact) mass is 388 g/mol. The lowest BCUT2D eigenvalue weighted by atomic mass is 9.81. The van der Waals surface area contributed by atoms with Crippen molar-refractivity contribution in [3.8, 4) is 5.88 Å². The Hall–Kier alpha value is -1.99. The molecule has 5 rings (SSSR count). The van der Waals surface area contributed by atoms with Gasteiger partial charge in [-0.3, -0.25) is 4.79 Å². The molecule has 0 radical (unpaired) electrons. The minimum Gasteiger partial charge on any atom is -0.475 e. The topological polar surface area (TPSA) is 51.7 Å². The van der Waals surface area contributed by atoms with E-state index in [0.717, 1.165) is 24.1 Å². The van der Waals surface area contributed by atoms with Gasteiger partial charge in [-0.2, -0.15) is 0 Å². The van der Waals surface area contributed by atoms with Gasteiger partial charge in [0, 0.05) is 23.6 Å². The van der Waals surface area contributed by atoms with Crippen LogP contribution in [0.25, 0.3) is 0 Å². The summed E-state index contributed by atoms with van der Waals surface area (Å²) < 4.78 is 25.3. The van der Waals surface area contributed by atoms with E-state index in [1.807, 2.05) is 4.90 Å². The average molecular weight is 388 g/mol. The molecule has 142 valence electrons. The Balaban J connectivity index is 1.22. The number of aromatic nitrogens is 1. The zero-order chi connectivity index (χ0) is 18.4. The van der Waals surface area contributed by atoms with Crippen molar-refractivity contribution in [1.29, 1.82) is 0 Å². The number of thiophene rings is 1. The third-order valence-electron chi connectivity index (χ3n) is 5.91. The first-order chi connectivity index (χ1) is 13.1. The highest BCUT2D eigenvalue weighted by molar-refractivity contribution is 7.14. The molecule has 2 saturated heterocycles. The number of amides is 1. The van der Waals surface area contributed by atoms with Crippen LogP contribution in [0.1, 0.15) is 33.0 Å². The molecule has 1 spiro atoms. The average Bonchev–Trinajstić information content (AvgIpc) is 3.33. The van der Waals surface area contributed by atoms with Crippen molar-refractivity contribution < 1.29 is 18.7 Å². The minimum atomic E-state index is -0.457. The number of hydrogen-bond donors (Lipinski definition) is 0. The Labute approximate surface area is 161 Å². The molecule has 0 bridgehead atoms. The van der Waals surface area contributed by atoms with Gasteiger partial charge in [-0.15, -0.1) is 11.3 Å². The molecule has 1 atom stereocenters. The normalized spacial score (nSPS) is 22.7. The van der Waals surface area contributed by atoms with Crippen LogP contribution in [-0.2, 0) is 17.6 Å². The summed E-state index contributed by atoms with van der Waals surface area (Å²) in [7, 11) is 0. The van der Waals surface area contributed by atoms with E-state index in [-0.39, 0.29) is 23.3 Å². The van der Waals surface area contributed by atoms with Gasteiger partial charge in [-0.25, -0.2) is 9.37 Å². The fourth-order valence-electron chi connectivity index (χ4n) is 4.36.